The molecule has 0 aromatic heterocycles. The molecule has 0 N–H and O–H groups in total. The van der Waals surface area contributed by atoms with E-state index in [2.05, 4.69) is 0 Å². The van der Waals surface area contributed by atoms with Crippen LogP contribution in [0, 0.1) is 5.82 Å². The smallest absolute Gasteiger partial charge is 0.268 e. The van der Waals surface area contributed by atoms with Crippen molar-refractivity contribution in [3.05, 3.63) is 65.5 Å². The van der Waals surface area contributed by atoms with Gasteiger partial charge in [0.2, 0.25) is 10.0 Å². The highest BCUT2D eigenvalue weighted by atomic mass is 32.2. The van der Waals surface area contributed by atoms with Crippen LogP contribution in [0.3, 0.4) is 0 Å². The van der Waals surface area contributed by atoms with E-state index in [1.165, 1.54) is 18.2 Å². The Morgan fingerprint density at radius 1 is 1.05 bits per heavy atom. The number of nitrogens with zero attached hydrogens (tertiary/aromatic N) is 1. The first-order valence-corrected chi connectivity index (χ1v) is 7.51. The summed E-state index contributed by atoms with van der Waals surface area (Å²) in [5.41, 5.74) is 0.666. The predicted molar refractivity (Wildman–Crippen MR) is 72.3 cm³/mol. The van der Waals surface area contributed by atoms with Gasteiger partial charge in [-0.2, -0.15) is 0 Å². The van der Waals surface area contributed by atoms with Crippen molar-refractivity contribution in [2.45, 2.75) is 5.75 Å². The van der Waals surface area contributed by atoms with Crippen molar-refractivity contribution in [3.8, 4) is 0 Å². The zero-order valence-electron chi connectivity index (χ0n) is 10.3. The van der Waals surface area contributed by atoms with Crippen molar-refractivity contribution in [3.63, 3.8) is 0 Å². The van der Waals surface area contributed by atoms with Gasteiger partial charge in [-0.05, 0) is 29.8 Å². The predicted octanol–water partition coefficient (Wildman–Crippen LogP) is 2.32. The van der Waals surface area contributed by atoms with Crippen molar-refractivity contribution >= 4 is 21.6 Å². The van der Waals surface area contributed by atoms with Gasteiger partial charge in [0.25, 0.3) is 5.91 Å². The third-order valence-corrected chi connectivity index (χ3v) is 4.70. The number of para-hydroxylation sites is 1. The number of halogens is 1. The number of benzene rings is 2. The molecule has 0 spiro atoms. The lowest BCUT2D eigenvalue weighted by Crippen LogP contribution is -2.42. The molecule has 1 heterocycles. The van der Waals surface area contributed by atoms with Gasteiger partial charge in [-0.25, -0.2) is 17.1 Å². The number of hydrogen-bond acceptors (Lipinski definition) is 3. The summed E-state index contributed by atoms with van der Waals surface area (Å²) in [5, 5.41) is 0. The van der Waals surface area contributed by atoms with Gasteiger partial charge in [0.15, 0.2) is 0 Å². The summed E-state index contributed by atoms with van der Waals surface area (Å²) < 4.78 is 38.5. The quantitative estimate of drug-likeness (QED) is 0.810. The highest BCUT2D eigenvalue weighted by Crippen LogP contribution is 2.29. The SMILES string of the molecule is O=C1c2cc(F)ccc2CS(=O)(=O)N1c1ccccc1. The van der Waals surface area contributed by atoms with Gasteiger partial charge in [-0.3, -0.25) is 4.79 Å². The molecule has 0 fully saturated rings. The van der Waals surface area contributed by atoms with Crippen LogP contribution in [0.4, 0.5) is 10.1 Å². The zero-order chi connectivity index (χ0) is 14.3. The second-order valence-electron chi connectivity index (χ2n) is 4.46. The standard InChI is InChI=1S/C14H10FNO3S/c15-11-7-6-10-9-20(18,19)16(14(17)13(10)8-11)12-4-2-1-3-5-12/h1-8H,9H2. The van der Waals surface area contributed by atoms with Gasteiger partial charge in [0, 0.05) is 5.56 Å². The lowest BCUT2D eigenvalue weighted by atomic mass is 10.1. The molecule has 2 aromatic carbocycles. The molecular formula is C14H10FNO3S. The zero-order valence-corrected chi connectivity index (χ0v) is 11.1. The van der Waals surface area contributed by atoms with Crippen LogP contribution in [0.15, 0.2) is 48.5 Å². The van der Waals surface area contributed by atoms with Crippen LogP contribution in [0.2, 0.25) is 0 Å². The molecule has 2 aromatic rings. The van der Waals surface area contributed by atoms with E-state index in [0.717, 1.165) is 16.4 Å². The number of fused-ring (bicyclic) bond motifs is 1. The maximum absolute atomic E-state index is 13.3. The van der Waals surface area contributed by atoms with E-state index in [9.17, 15) is 17.6 Å². The molecule has 1 aliphatic heterocycles. The molecular weight excluding hydrogens is 281 g/mol. The maximum atomic E-state index is 13.3. The fourth-order valence-electron chi connectivity index (χ4n) is 2.21. The Kier molecular flexibility index (Phi) is 2.83. The first-order chi connectivity index (χ1) is 9.49. The topological polar surface area (TPSA) is 54.5 Å². The van der Waals surface area contributed by atoms with Gasteiger partial charge in [-0.1, -0.05) is 24.3 Å². The lowest BCUT2D eigenvalue weighted by Gasteiger charge is -2.28. The van der Waals surface area contributed by atoms with Gasteiger partial charge in [-0.15, -0.1) is 0 Å². The molecule has 6 heteroatoms. The Labute approximate surface area is 115 Å². The van der Waals surface area contributed by atoms with Gasteiger partial charge >= 0.3 is 0 Å². The van der Waals surface area contributed by atoms with Gasteiger partial charge in [0.05, 0.1) is 11.4 Å². The fraction of sp³-hybridized carbons (Fsp3) is 0.0714. The molecule has 0 aliphatic carbocycles. The average Bonchev–Trinajstić information content (AvgIpc) is 2.40. The molecule has 0 saturated heterocycles. The number of hydrogen-bond donors (Lipinski definition) is 0. The molecule has 1 aliphatic rings. The van der Waals surface area contributed by atoms with E-state index < -0.39 is 21.7 Å². The summed E-state index contributed by atoms with van der Waals surface area (Å²) in [4.78, 5) is 12.4. The normalized spacial score (nSPS) is 16.9. The molecule has 0 bridgehead atoms. The van der Waals surface area contributed by atoms with Crippen molar-refractivity contribution < 1.29 is 17.6 Å². The summed E-state index contributed by atoms with van der Waals surface area (Å²) >= 11 is 0. The summed E-state index contributed by atoms with van der Waals surface area (Å²) in [7, 11) is -3.79. The van der Waals surface area contributed by atoms with E-state index in [1.54, 1.807) is 18.2 Å². The summed E-state index contributed by atoms with van der Waals surface area (Å²) in [6.45, 7) is 0. The molecule has 1 amide bonds. The second-order valence-corrected chi connectivity index (χ2v) is 6.28. The van der Waals surface area contributed by atoms with E-state index >= 15 is 0 Å². The second kappa shape index (κ2) is 4.42. The molecule has 3 rings (SSSR count). The Bertz CT molecular complexity index is 787. The van der Waals surface area contributed by atoms with Crippen LogP contribution in [0.1, 0.15) is 15.9 Å². The van der Waals surface area contributed by atoms with Crippen molar-refractivity contribution in [1.82, 2.24) is 0 Å². The third kappa shape index (κ3) is 1.98. The molecule has 0 radical (unpaired) electrons. The van der Waals surface area contributed by atoms with Crippen LogP contribution in [-0.4, -0.2) is 14.3 Å². The minimum absolute atomic E-state index is 0.0867. The van der Waals surface area contributed by atoms with Crippen LogP contribution in [0.5, 0.6) is 0 Å². The molecule has 0 saturated carbocycles. The molecule has 4 nitrogen and oxygen atoms in total. The van der Waals surface area contributed by atoms with E-state index in [-0.39, 0.29) is 17.0 Å². The number of carbonyl (C=O) groups excluding carboxylic acids is 1. The Morgan fingerprint density at radius 2 is 1.75 bits per heavy atom. The van der Waals surface area contributed by atoms with Gasteiger partial charge in [0.1, 0.15) is 5.82 Å². The lowest BCUT2D eigenvalue weighted by molar-refractivity contribution is 0.100. The van der Waals surface area contributed by atoms with Gasteiger partial charge < -0.3 is 0 Å². The van der Waals surface area contributed by atoms with Crippen molar-refractivity contribution in [2.75, 3.05) is 4.31 Å². The highest BCUT2D eigenvalue weighted by molar-refractivity contribution is 7.93. The largest absolute Gasteiger partial charge is 0.272 e. The third-order valence-electron chi connectivity index (χ3n) is 3.09. The number of carbonyl (C=O) groups is 1. The first kappa shape index (κ1) is 12.8. The Hall–Kier alpha value is -2.21. The maximum Gasteiger partial charge on any atom is 0.272 e. The number of anilines is 1. The summed E-state index contributed by atoms with van der Waals surface area (Å²) in [5.74, 6) is -1.61. The highest BCUT2D eigenvalue weighted by Gasteiger charge is 2.37. The Morgan fingerprint density at radius 3 is 2.45 bits per heavy atom. The average molecular weight is 291 g/mol. The number of rotatable bonds is 1. The monoisotopic (exact) mass is 291 g/mol. The summed E-state index contributed by atoms with van der Waals surface area (Å²) in [6.07, 6.45) is 0. The first-order valence-electron chi connectivity index (χ1n) is 5.90. The fourth-order valence-corrected chi connectivity index (χ4v) is 3.78. The van der Waals surface area contributed by atoms with E-state index in [1.807, 2.05) is 0 Å². The minimum Gasteiger partial charge on any atom is -0.268 e. The van der Waals surface area contributed by atoms with Crippen molar-refractivity contribution in [2.24, 2.45) is 0 Å². The van der Waals surface area contributed by atoms with E-state index in [4.69, 9.17) is 0 Å². The minimum atomic E-state index is -3.79. The van der Waals surface area contributed by atoms with E-state index in [0.29, 0.717) is 5.56 Å². The molecule has 0 unspecified atom stereocenters. The van der Waals surface area contributed by atoms with Crippen LogP contribution in [0.25, 0.3) is 0 Å². The molecule has 0 atom stereocenters. The summed E-state index contributed by atoms with van der Waals surface area (Å²) in [6, 6.07) is 11.6. The molecule has 102 valence electrons. The molecule has 20 heavy (non-hydrogen) atoms. The number of amides is 1. The van der Waals surface area contributed by atoms with Crippen LogP contribution >= 0.6 is 0 Å². The Balaban J connectivity index is 2.20. The van der Waals surface area contributed by atoms with Crippen LogP contribution in [-0.2, 0) is 15.8 Å². The number of sulfonamides is 1. The van der Waals surface area contributed by atoms with Crippen molar-refractivity contribution in [1.29, 1.82) is 0 Å². The van der Waals surface area contributed by atoms with Crippen LogP contribution < -0.4 is 4.31 Å².